The van der Waals surface area contributed by atoms with E-state index < -0.39 is 0 Å². The molecule has 0 saturated carbocycles. The molecule has 5 nitrogen and oxygen atoms in total. The first-order valence-corrected chi connectivity index (χ1v) is 24.5. The van der Waals surface area contributed by atoms with Crippen LogP contribution in [0.1, 0.15) is 101 Å². The van der Waals surface area contributed by atoms with E-state index in [9.17, 15) is 0 Å². The molecule has 0 fully saturated rings. The second-order valence-corrected chi connectivity index (χ2v) is 19.8. The molecule has 0 unspecified atom stereocenters. The van der Waals surface area contributed by atoms with Gasteiger partial charge in [-0.25, -0.2) is 9.97 Å². The van der Waals surface area contributed by atoms with E-state index in [-0.39, 0.29) is 6.71 Å². The molecule has 2 aromatic heterocycles. The molecule has 3 heterocycles. The first kappa shape index (κ1) is 43.2. The fraction of sp³-hybridized carbons (Fsp3) is 0.194. The van der Waals surface area contributed by atoms with Crippen LogP contribution >= 0.6 is 0 Å². The molecule has 0 radical (unpaired) electrons. The van der Waals surface area contributed by atoms with Gasteiger partial charge in [-0.1, -0.05) is 188 Å². The van der Waals surface area contributed by atoms with Crippen molar-refractivity contribution in [2.75, 3.05) is 4.90 Å². The van der Waals surface area contributed by atoms with E-state index in [1.54, 1.807) is 0 Å². The van der Waals surface area contributed by atoms with Gasteiger partial charge in [-0.05, 0) is 111 Å². The van der Waals surface area contributed by atoms with Crippen LogP contribution in [0.25, 0.3) is 56.2 Å². The zero-order valence-corrected chi connectivity index (χ0v) is 40.4. The summed E-state index contributed by atoms with van der Waals surface area (Å²) in [6, 6.07) is 66.9. The number of aromatic nitrogens is 4. The van der Waals surface area contributed by atoms with Gasteiger partial charge >= 0.3 is 0 Å². The first-order chi connectivity index (χ1) is 33.1. The summed E-state index contributed by atoms with van der Waals surface area (Å²) in [6.07, 6.45) is 0. The lowest BCUT2D eigenvalue weighted by Crippen LogP contribution is -2.57. The quantitative estimate of drug-likeness (QED) is 0.128. The summed E-state index contributed by atoms with van der Waals surface area (Å²) in [5.41, 5.74) is 21.3. The zero-order chi connectivity index (χ0) is 46.8. The maximum Gasteiger partial charge on any atom is 0.246 e. The molecule has 10 aromatic rings. The molecule has 8 aromatic carbocycles. The number of imidazole rings is 2. The van der Waals surface area contributed by atoms with Crippen molar-refractivity contribution in [1.82, 2.24) is 19.1 Å². The van der Waals surface area contributed by atoms with E-state index >= 15 is 0 Å². The van der Waals surface area contributed by atoms with Crippen LogP contribution in [0.5, 0.6) is 0 Å². The molecule has 0 atom stereocenters. The SMILES string of the molecule is CC(C)c1cccc(C(C)C)c1-n1c(-c2cccc(B3c4ccccc4N(c4ccccc4)c4ccc(-c5nc6ccccc6n5-c5c(C(C)C)cccc5C(C)C)cc43)c2)nc2ccccc21. The van der Waals surface area contributed by atoms with Crippen molar-refractivity contribution in [3.05, 3.63) is 204 Å². The van der Waals surface area contributed by atoms with Crippen LogP contribution in [0.2, 0.25) is 0 Å². The van der Waals surface area contributed by atoms with Crippen molar-refractivity contribution in [2.24, 2.45) is 0 Å². The molecule has 0 N–H and O–H groups in total. The normalized spacial score (nSPS) is 12.6. The van der Waals surface area contributed by atoms with Gasteiger partial charge in [0.25, 0.3) is 0 Å². The molecule has 0 spiro atoms. The molecule has 68 heavy (non-hydrogen) atoms. The Balaban J connectivity index is 1.17. The standard InChI is InChI=1S/C62H58BN5/c1-39(2)47-25-19-26-48(40(3)4)59(47)67-57-33-16-13-30-53(57)64-61(67)43-21-18-22-45(37-43)63-51-29-12-15-32-55(51)66(46-23-10-9-11-24-46)56-36-35-44(38-52(56)63)62-65-54-31-14-17-34-58(54)68(62)60-49(41(5)6)27-20-28-50(60)42(7)8/h9-42H,1-8H3. The topological polar surface area (TPSA) is 38.9 Å². The Labute approximate surface area is 401 Å². The molecule has 0 saturated heterocycles. The minimum Gasteiger partial charge on any atom is -0.312 e. The van der Waals surface area contributed by atoms with E-state index in [0.29, 0.717) is 23.7 Å². The van der Waals surface area contributed by atoms with Crippen LogP contribution < -0.4 is 21.3 Å². The van der Waals surface area contributed by atoms with Gasteiger partial charge in [0.2, 0.25) is 6.71 Å². The van der Waals surface area contributed by atoms with Crippen LogP contribution in [0.15, 0.2) is 182 Å². The minimum atomic E-state index is -0.0972. The summed E-state index contributed by atoms with van der Waals surface area (Å²) >= 11 is 0. The molecular weight excluding hydrogens is 826 g/mol. The predicted octanol–water partition coefficient (Wildman–Crippen LogP) is 14.5. The van der Waals surface area contributed by atoms with E-state index in [1.165, 1.54) is 55.7 Å². The third kappa shape index (κ3) is 7.17. The van der Waals surface area contributed by atoms with Crippen LogP contribution in [0.4, 0.5) is 17.1 Å². The summed E-state index contributed by atoms with van der Waals surface area (Å²) in [5, 5.41) is 0. The summed E-state index contributed by atoms with van der Waals surface area (Å²) in [4.78, 5) is 13.4. The van der Waals surface area contributed by atoms with Crippen LogP contribution in [-0.4, -0.2) is 25.8 Å². The Morgan fingerprint density at radius 3 is 1.38 bits per heavy atom. The number of rotatable bonds is 10. The highest BCUT2D eigenvalue weighted by Gasteiger charge is 2.36. The second kappa shape index (κ2) is 17.3. The molecule has 0 aliphatic carbocycles. The molecule has 334 valence electrons. The maximum absolute atomic E-state index is 5.52. The van der Waals surface area contributed by atoms with Gasteiger partial charge in [-0.15, -0.1) is 0 Å². The number of benzene rings is 8. The average Bonchev–Trinajstić information content (AvgIpc) is 3.94. The largest absolute Gasteiger partial charge is 0.312 e. The van der Waals surface area contributed by atoms with Crippen molar-refractivity contribution in [2.45, 2.75) is 79.1 Å². The number of para-hydroxylation sites is 8. The fourth-order valence-corrected chi connectivity index (χ4v) is 10.9. The Kier molecular flexibility index (Phi) is 11.0. The third-order valence-corrected chi connectivity index (χ3v) is 14.1. The highest BCUT2D eigenvalue weighted by Crippen LogP contribution is 2.41. The summed E-state index contributed by atoms with van der Waals surface area (Å²) < 4.78 is 4.90. The van der Waals surface area contributed by atoms with Gasteiger partial charge in [-0.2, -0.15) is 0 Å². The van der Waals surface area contributed by atoms with Gasteiger partial charge in [0.05, 0.1) is 33.4 Å². The molecule has 11 rings (SSSR count). The fourth-order valence-electron chi connectivity index (χ4n) is 10.9. The Bertz CT molecular complexity index is 3450. The van der Waals surface area contributed by atoms with Gasteiger partial charge in [0, 0.05) is 28.2 Å². The Hall–Kier alpha value is -7.44. The first-order valence-electron chi connectivity index (χ1n) is 24.5. The average molecular weight is 884 g/mol. The molecule has 6 heteroatoms. The summed E-state index contributed by atoms with van der Waals surface area (Å²) in [7, 11) is 0. The van der Waals surface area contributed by atoms with Gasteiger partial charge in [-0.3, -0.25) is 9.13 Å². The molecular formula is C62H58BN5. The van der Waals surface area contributed by atoms with Crippen molar-refractivity contribution in [3.8, 4) is 34.2 Å². The second-order valence-electron chi connectivity index (χ2n) is 19.8. The van der Waals surface area contributed by atoms with Crippen molar-refractivity contribution < 1.29 is 0 Å². The predicted molar refractivity (Wildman–Crippen MR) is 289 cm³/mol. The summed E-state index contributed by atoms with van der Waals surface area (Å²) in [5.74, 6) is 3.18. The van der Waals surface area contributed by atoms with Gasteiger partial charge < -0.3 is 4.90 Å². The van der Waals surface area contributed by atoms with Crippen LogP contribution in [-0.2, 0) is 0 Å². The van der Waals surface area contributed by atoms with Gasteiger partial charge in [0.15, 0.2) is 0 Å². The van der Waals surface area contributed by atoms with Crippen molar-refractivity contribution in [1.29, 1.82) is 0 Å². The lowest BCUT2D eigenvalue weighted by atomic mass is 9.35. The zero-order valence-electron chi connectivity index (χ0n) is 40.4. The number of nitrogens with zero attached hydrogens (tertiary/aromatic N) is 5. The number of fused-ring (bicyclic) bond motifs is 4. The van der Waals surface area contributed by atoms with Crippen molar-refractivity contribution >= 4 is 62.2 Å². The molecule has 0 amide bonds. The Morgan fingerprint density at radius 1 is 0.382 bits per heavy atom. The number of anilines is 3. The highest BCUT2D eigenvalue weighted by atomic mass is 15.2. The highest BCUT2D eigenvalue weighted by molar-refractivity contribution is 6.98. The van der Waals surface area contributed by atoms with E-state index in [2.05, 4.69) is 251 Å². The molecule has 1 aliphatic heterocycles. The minimum absolute atomic E-state index is 0.0972. The Morgan fingerprint density at radius 2 is 0.838 bits per heavy atom. The monoisotopic (exact) mass is 883 g/mol. The van der Waals surface area contributed by atoms with E-state index in [4.69, 9.17) is 9.97 Å². The van der Waals surface area contributed by atoms with E-state index in [1.807, 2.05) is 0 Å². The third-order valence-electron chi connectivity index (χ3n) is 14.1. The lowest BCUT2D eigenvalue weighted by molar-refractivity contribution is 0.811. The molecule has 0 bridgehead atoms. The van der Waals surface area contributed by atoms with Gasteiger partial charge in [0.1, 0.15) is 11.6 Å². The van der Waals surface area contributed by atoms with Crippen LogP contribution in [0.3, 0.4) is 0 Å². The van der Waals surface area contributed by atoms with Crippen molar-refractivity contribution in [3.63, 3.8) is 0 Å². The number of hydrogen-bond acceptors (Lipinski definition) is 3. The summed E-state index contributed by atoms with van der Waals surface area (Å²) in [6.45, 7) is 18.3. The van der Waals surface area contributed by atoms with Crippen LogP contribution in [0, 0.1) is 0 Å². The smallest absolute Gasteiger partial charge is 0.246 e. The lowest BCUT2D eigenvalue weighted by Gasteiger charge is -2.37. The maximum atomic E-state index is 5.52. The van der Waals surface area contributed by atoms with E-state index in [0.717, 1.165) is 56.2 Å². The number of hydrogen-bond donors (Lipinski definition) is 0. The molecule has 1 aliphatic rings.